The van der Waals surface area contributed by atoms with Crippen molar-refractivity contribution in [3.63, 3.8) is 0 Å². The number of hydrogen-bond donors (Lipinski definition) is 22. The fourth-order valence-corrected chi connectivity index (χ4v) is 8.82. The van der Waals surface area contributed by atoms with Crippen molar-refractivity contribution in [2.75, 3.05) is 39.6 Å². The number of esters is 2. The zero-order chi connectivity index (χ0) is 60.9. The lowest BCUT2D eigenvalue weighted by Gasteiger charge is -2.40. The maximum atomic E-state index is 13.9. The highest BCUT2D eigenvalue weighted by atomic mass is 16.6. The third-order valence-electron chi connectivity index (χ3n) is 13.5. The number of benzene rings is 3. The predicted molar refractivity (Wildman–Crippen MR) is 255 cm³/mol. The first-order chi connectivity index (χ1) is 38.6. The van der Waals surface area contributed by atoms with E-state index < -0.39 is 242 Å². The Morgan fingerprint density at radius 2 is 0.707 bits per heavy atom. The molecule has 0 spiro atoms. The zero-order valence-corrected chi connectivity index (χ0v) is 42.0. The Morgan fingerprint density at radius 1 is 0.427 bits per heavy atom. The molecule has 34 heteroatoms. The maximum absolute atomic E-state index is 13.9. The van der Waals surface area contributed by atoms with Gasteiger partial charge in [0.1, 0.15) is 111 Å². The monoisotopic (exact) mass is 1170 g/mol. The lowest BCUT2D eigenvalue weighted by Crippen LogP contribution is -2.55. The van der Waals surface area contributed by atoms with Gasteiger partial charge in [0.25, 0.3) is 17.7 Å². The first-order valence-corrected chi connectivity index (χ1v) is 24.3. The number of rotatable bonds is 20. The second-order valence-electron chi connectivity index (χ2n) is 18.9. The summed E-state index contributed by atoms with van der Waals surface area (Å²) >= 11 is 0. The normalized spacial score (nSPS) is 29.3. The summed E-state index contributed by atoms with van der Waals surface area (Å²) < 4.78 is 26.4. The molecule has 3 fully saturated rings. The minimum absolute atomic E-state index is 0.352. The van der Waals surface area contributed by atoms with Crippen LogP contribution in [0.2, 0.25) is 0 Å². The molecule has 3 heterocycles. The number of aliphatic hydroxyl groups excluding tert-OH is 13. The van der Waals surface area contributed by atoms with Gasteiger partial charge in [-0.3, -0.25) is 14.4 Å². The summed E-state index contributed by atoms with van der Waals surface area (Å²) in [5, 5.41) is 214. The van der Waals surface area contributed by atoms with Crippen LogP contribution in [0.1, 0.15) is 66.1 Å². The molecule has 0 aromatic heterocycles. The SMILES string of the molecule is O=C(N[C@@H](COC(=O)[C@H](COC(=O)[C@H](CO)NC(=O)c1cc([C@@H]2O[C@H](CO)[C@@H](O)[C@H](O)[C@H]2O)cc(O)c1O)NC(=O)c1cc([C@@H]2O[C@H](CO)[C@@H](O)[C@H](O)[C@H]2O)cc(O)c1O)C(=O)[O-])c1cc([C@@H]2O[C@H](CO)[C@@H](O)[C@H](O)[C@H]2O)cc(O)c1O. The van der Waals surface area contributed by atoms with E-state index in [9.17, 15) is 131 Å². The highest BCUT2D eigenvalue weighted by Crippen LogP contribution is 2.42. The van der Waals surface area contributed by atoms with Crippen molar-refractivity contribution >= 4 is 35.6 Å². The topological polar surface area (TPSA) is 592 Å². The standard InChI is InChI=1S/C48H59N3O31/c52-7-19(49-43(71)16-1-13(4-22(56)28(16)59)40-37(68)34(65)31(62)25(8-53)80-40)47(76)79-12-21(51-45(73)18-3-15(6-24(58)30(18)61)42-39(70)36(67)33(64)27(10-55)82-42)48(77)78-11-20(46(74)75)50-44(72)17-2-14(5-23(57)29(17)60)41-38(69)35(66)32(63)26(9-54)81-41/h1-6,19-21,25-27,31-42,52-70H,7-12H2,(H,49,71)(H,50,72)(H,51,73)(H,74,75)/p-1/t19-,20-,21-,25+,26+,27+,31+,32+,33+,34-,35-,36-,37+,38+,39+,40-,41-,42-/m0/s1. The van der Waals surface area contributed by atoms with Crippen LogP contribution in [0.5, 0.6) is 34.5 Å². The lowest BCUT2D eigenvalue weighted by atomic mass is 9.90. The fourth-order valence-electron chi connectivity index (χ4n) is 8.82. The largest absolute Gasteiger partial charge is 0.548 e. The molecule has 3 aliphatic heterocycles. The summed E-state index contributed by atoms with van der Waals surface area (Å²) in [6, 6.07) is -2.63. The molecule has 452 valence electrons. The van der Waals surface area contributed by atoms with Gasteiger partial charge in [0, 0.05) is 0 Å². The Kier molecular flexibility index (Phi) is 20.8. The van der Waals surface area contributed by atoms with Gasteiger partial charge in [0.05, 0.1) is 49.1 Å². The zero-order valence-electron chi connectivity index (χ0n) is 42.0. The van der Waals surface area contributed by atoms with E-state index in [1.54, 1.807) is 5.32 Å². The first kappa shape index (κ1) is 63.8. The molecule has 3 saturated heterocycles. The van der Waals surface area contributed by atoms with E-state index >= 15 is 0 Å². The number of hydrogen-bond acceptors (Lipinski definition) is 31. The molecule has 6 rings (SSSR count). The molecular weight excluding hydrogens is 1110 g/mol. The summed E-state index contributed by atoms with van der Waals surface area (Å²) in [6.07, 6.45) is -27.1. The number of amides is 3. The molecule has 0 radical (unpaired) electrons. The van der Waals surface area contributed by atoms with E-state index in [1.807, 2.05) is 10.6 Å². The molecule has 22 N–H and O–H groups in total. The van der Waals surface area contributed by atoms with E-state index in [0.29, 0.717) is 6.07 Å². The van der Waals surface area contributed by atoms with Crippen LogP contribution in [-0.4, -0.2) is 264 Å². The number of carboxylic acids is 1. The van der Waals surface area contributed by atoms with Crippen LogP contribution in [-0.2, 0) is 38.1 Å². The van der Waals surface area contributed by atoms with Crippen molar-refractivity contribution in [1.82, 2.24) is 16.0 Å². The molecule has 3 aromatic carbocycles. The van der Waals surface area contributed by atoms with Gasteiger partial charge in [-0.05, 0) is 53.1 Å². The smallest absolute Gasteiger partial charge is 0.332 e. The molecule has 0 aliphatic carbocycles. The minimum atomic E-state index is -2.45. The van der Waals surface area contributed by atoms with Gasteiger partial charge in [0.2, 0.25) is 0 Å². The average molecular weight is 1170 g/mol. The highest BCUT2D eigenvalue weighted by Gasteiger charge is 2.47. The van der Waals surface area contributed by atoms with E-state index in [0.717, 1.165) is 30.3 Å². The summed E-state index contributed by atoms with van der Waals surface area (Å²) in [7, 11) is 0. The van der Waals surface area contributed by atoms with Crippen LogP contribution >= 0.6 is 0 Å². The molecule has 3 aliphatic rings. The number of nitrogens with one attached hydrogen (secondary N) is 3. The molecule has 0 unspecified atom stereocenters. The van der Waals surface area contributed by atoms with Crippen LogP contribution in [0, 0.1) is 0 Å². The van der Waals surface area contributed by atoms with E-state index in [1.165, 1.54) is 0 Å². The van der Waals surface area contributed by atoms with Crippen molar-refractivity contribution in [3.05, 3.63) is 69.8 Å². The van der Waals surface area contributed by atoms with Crippen LogP contribution in [0.15, 0.2) is 36.4 Å². The second-order valence-corrected chi connectivity index (χ2v) is 18.9. The van der Waals surface area contributed by atoms with Gasteiger partial charge >= 0.3 is 11.9 Å². The molecule has 0 bridgehead atoms. The number of aromatic hydroxyl groups is 6. The van der Waals surface area contributed by atoms with Gasteiger partial charge in [0.15, 0.2) is 46.6 Å². The second kappa shape index (κ2) is 26.7. The van der Waals surface area contributed by atoms with Crippen molar-refractivity contribution in [1.29, 1.82) is 0 Å². The quantitative estimate of drug-likeness (QED) is 0.0369. The predicted octanol–water partition coefficient (Wildman–Crippen LogP) is -10.0. The molecule has 3 aromatic rings. The number of phenolic OH excluding ortho intramolecular Hbond substituents is 6. The number of ether oxygens (including phenoxy) is 5. The van der Waals surface area contributed by atoms with E-state index in [2.05, 4.69) is 0 Å². The molecular formula is C48H58N3O31-. The Morgan fingerprint density at radius 3 is 1.00 bits per heavy atom. The number of carboxylic acid groups (broad SMARTS) is 1. The molecule has 82 heavy (non-hydrogen) atoms. The minimum Gasteiger partial charge on any atom is -0.548 e. The van der Waals surface area contributed by atoms with Gasteiger partial charge < -0.3 is 147 Å². The van der Waals surface area contributed by atoms with Crippen LogP contribution in [0.4, 0.5) is 0 Å². The van der Waals surface area contributed by atoms with E-state index in [-0.39, 0.29) is 11.1 Å². The van der Waals surface area contributed by atoms with Gasteiger partial charge in [-0.2, -0.15) is 0 Å². The number of aliphatic hydroxyl groups is 13. The van der Waals surface area contributed by atoms with Crippen molar-refractivity contribution in [2.45, 2.75) is 110 Å². The maximum Gasteiger partial charge on any atom is 0.332 e. The Balaban J connectivity index is 1.25. The van der Waals surface area contributed by atoms with Crippen molar-refractivity contribution in [3.8, 4) is 34.5 Å². The van der Waals surface area contributed by atoms with Crippen LogP contribution in [0.25, 0.3) is 0 Å². The third kappa shape index (κ3) is 13.4. The first-order valence-electron chi connectivity index (χ1n) is 24.3. The van der Waals surface area contributed by atoms with Crippen molar-refractivity contribution < 1.29 is 155 Å². The lowest BCUT2D eigenvalue weighted by molar-refractivity contribution is -0.308. The van der Waals surface area contributed by atoms with Crippen LogP contribution < -0.4 is 21.1 Å². The number of aliphatic carboxylic acids is 1. The molecule has 34 nitrogen and oxygen atoms in total. The van der Waals surface area contributed by atoms with Crippen molar-refractivity contribution in [2.24, 2.45) is 0 Å². The summed E-state index contributed by atoms with van der Waals surface area (Å²) in [5.74, 6) is -17.3. The fraction of sp³-hybridized carbons (Fsp3) is 0.500. The Hall–Kier alpha value is -7.36. The Bertz CT molecular complexity index is 2830. The van der Waals surface area contributed by atoms with Gasteiger partial charge in [-0.15, -0.1) is 0 Å². The average Bonchev–Trinajstić information content (AvgIpc) is 3.59. The number of carbonyl (C=O) groups is 6. The molecule has 0 saturated carbocycles. The molecule has 18 atom stereocenters. The van der Waals surface area contributed by atoms with Gasteiger partial charge in [-0.1, -0.05) is 0 Å². The summed E-state index contributed by atoms with van der Waals surface area (Å²) in [4.78, 5) is 80.6. The van der Waals surface area contributed by atoms with Gasteiger partial charge in [-0.25, -0.2) is 9.59 Å². The number of phenols is 6. The van der Waals surface area contributed by atoms with Crippen LogP contribution in [0.3, 0.4) is 0 Å². The third-order valence-corrected chi connectivity index (χ3v) is 13.5. The Labute approximate surface area is 459 Å². The van der Waals surface area contributed by atoms with E-state index in [4.69, 9.17) is 23.7 Å². The summed E-state index contributed by atoms with van der Waals surface area (Å²) in [5.41, 5.74) is -4.03. The number of carbonyl (C=O) groups excluding carboxylic acids is 6. The molecule has 3 amide bonds. The highest BCUT2D eigenvalue weighted by molar-refractivity contribution is 6.02. The summed E-state index contributed by atoms with van der Waals surface area (Å²) in [6.45, 7) is -7.03.